The fourth-order valence-electron chi connectivity index (χ4n) is 6.60. The molecule has 0 aromatic carbocycles. The average Bonchev–Trinajstić information content (AvgIpc) is 3.73. The van der Waals surface area contributed by atoms with E-state index in [1.807, 2.05) is 6.08 Å². The van der Waals surface area contributed by atoms with Crippen molar-refractivity contribution in [3.8, 4) is 0 Å². The SMILES string of the molecule is C=Cc1c(C)c2cc3nc(c(C)c4nc(cc5[nH]c(cc1[nH]2)c(C)c5CC)C(C)=C4)C(CCC(=O)NCCCCCCPP)=C3C. The van der Waals surface area contributed by atoms with E-state index in [2.05, 4.69) is 96.6 Å². The summed E-state index contributed by atoms with van der Waals surface area (Å²) in [5.74, 6) is 0.0990. The molecule has 0 saturated carbocycles. The number of carbonyl (C=O) groups excluding carboxylic acids is 1. The molecule has 2 atom stereocenters. The van der Waals surface area contributed by atoms with Gasteiger partial charge in [0.25, 0.3) is 0 Å². The van der Waals surface area contributed by atoms with Crippen LogP contribution in [0.25, 0.3) is 50.9 Å². The zero-order chi connectivity index (χ0) is 33.0. The molecular weight excluding hydrogens is 604 g/mol. The summed E-state index contributed by atoms with van der Waals surface area (Å²) in [6.07, 6.45) is 12.1. The minimum Gasteiger partial charge on any atom is -0.356 e. The molecule has 3 N–H and O–H groups in total. The van der Waals surface area contributed by atoms with Crippen molar-refractivity contribution in [3.63, 3.8) is 0 Å². The molecule has 2 aliphatic rings. The molecule has 3 aromatic heterocycles. The molecule has 242 valence electrons. The van der Waals surface area contributed by atoms with Crippen LogP contribution in [0.4, 0.5) is 0 Å². The van der Waals surface area contributed by atoms with Gasteiger partial charge in [0.2, 0.25) is 5.91 Å². The third-order valence-electron chi connectivity index (χ3n) is 9.49. The first-order valence-corrected chi connectivity index (χ1v) is 19.6. The number of H-pyrrole nitrogens is 2. The van der Waals surface area contributed by atoms with E-state index in [9.17, 15) is 4.79 Å². The highest BCUT2D eigenvalue weighted by atomic mass is 32.0. The highest BCUT2D eigenvalue weighted by Crippen LogP contribution is 2.37. The van der Waals surface area contributed by atoms with Crippen molar-refractivity contribution >= 4 is 74.0 Å². The molecule has 0 saturated heterocycles. The Labute approximate surface area is 278 Å². The van der Waals surface area contributed by atoms with Gasteiger partial charge in [0, 0.05) is 46.2 Å². The van der Waals surface area contributed by atoms with Gasteiger partial charge in [0.05, 0.1) is 22.8 Å². The first-order chi connectivity index (χ1) is 22.2. The normalized spacial score (nSPS) is 13.2. The Morgan fingerprint density at radius 1 is 0.913 bits per heavy atom. The second-order valence-electron chi connectivity index (χ2n) is 12.5. The molecule has 2 aliphatic heterocycles. The molecule has 8 bridgehead atoms. The maximum absolute atomic E-state index is 12.9. The summed E-state index contributed by atoms with van der Waals surface area (Å²) in [7, 11) is 3.77. The van der Waals surface area contributed by atoms with E-state index in [0.29, 0.717) is 12.8 Å². The number of nitrogens with one attached hydrogen (secondary N) is 3. The number of aromatic nitrogens is 4. The van der Waals surface area contributed by atoms with E-state index in [4.69, 9.17) is 9.97 Å². The van der Waals surface area contributed by atoms with Crippen LogP contribution in [0.1, 0.15) is 110 Å². The summed E-state index contributed by atoms with van der Waals surface area (Å²) in [6.45, 7) is 17.8. The lowest BCUT2D eigenvalue weighted by Crippen LogP contribution is -2.24. The van der Waals surface area contributed by atoms with Crippen LogP contribution in [-0.2, 0) is 11.2 Å². The van der Waals surface area contributed by atoms with Gasteiger partial charge in [0.1, 0.15) is 0 Å². The minimum atomic E-state index is 0.0990. The zero-order valence-corrected chi connectivity index (χ0v) is 30.5. The Hall–Kier alpha value is -3.33. The molecular formula is C38H49N5OP2. The van der Waals surface area contributed by atoms with E-state index in [1.165, 1.54) is 36.6 Å². The van der Waals surface area contributed by atoms with Crippen LogP contribution in [0, 0.1) is 20.8 Å². The Morgan fingerprint density at radius 3 is 2.37 bits per heavy atom. The maximum atomic E-state index is 12.9. The third-order valence-corrected chi connectivity index (χ3v) is 11.0. The minimum absolute atomic E-state index is 0.0990. The summed E-state index contributed by atoms with van der Waals surface area (Å²) in [5.41, 5.74) is 17.1. The summed E-state index contributed by atoms with van der Waals surface area (Å²) in [5, 5.41) is 3.15. The van der Waals surface area contributed by atoms with Gasteiger partial charge in [-0.25, -0.2) is 9.97 Å². The standard InChI is InChI=1S/C38H49N5OP2/c1-8-27-24(5)33-21-36-28(9-2)23(4)32(41-36)20-34-25(6)29(14-15-37(44)39-16-12-10-11-13-17-46-45)38(43-34)26(7)31-18-22(3)30(40-31)19-35(27)42-33/h9,18-21,41-42,46H,2,8,10-17,45H2,1,3-7H3,(H,39,44). The molecule has 5 heterocycles. The Balaban J connectivity index is 1.60. The Bertz CT molecular complexity index is 1890. The van der Waals surface area contributed by atoms with Crippen LogP contribution >= 0.6 is 17.2 Å². The average molecular weight is 654 g/mol. The number of amides is 1. The van der Waals surface area contributed by atoms with Gasteiger partial charge >= 0.3 is 0 Å². The van der Waals surface area contributed by atoms with Crippen molar-refractivity contribution in [2.24, 2.45) is 0 Å². The highest BCUT2D eigenvalue weighted by molar-refractivity contribution is 8.02. The Kier molecular flexibility index (Phi) is 11.1. The number of hydrogen-bond acceptors (Lipinski definition) is 3. The van der Waals surface area contributed by atoms with Crippen molar-refractivity contribution in [2.45, 2.75) is 86.5 Å². The number of unbranched alkanes of at least 4 members (excludes halogenated alkanes) is 3. The van der Waals surface area contributed by atoms with E-state index >= 15 is 0 Å². The number of aromatic amines is 2. The molecule has 6 nitrogen and oxygen atoms in total. The number of carbonyl (C=O) groups is 1. The quantitative estimate of drug-likeness (QED) is 0.134. The van der Waals surface area contributed by atoms with E-state index < -0.39 is 0 Å². The van der Waals surface area contributed by atoms with Crippen molar-refractivity contribution in [3.05, 3.63) is 75.4 Å². The second kappa shape index (κ2) is 15.1. The fraction of sp³-hybridized carbons (Fsp3) is 0.395. The summed E-state index contributed by atoms with van der Waals surface area (Å²) in [4.78, 5) is 30.6. The molecule has 1 amide bonds. The second-order valence-corrected chi connectivity index (χ2v) is 14.7. The van der Waals surface area contributed by atoms with Gasteiger partial charge in [-0.3, -0.25) is 4.79 Å². The van der Waals surface area contributed by atoms with Crippen molar-refractivity contribution < 1.29 is 4.79 Å². The first kappa shape index (κ1) is 34.0. The van der Waals surface area contributed by atoms with Crippen LogP contribution in [-0.4, -0.2) is 38.5 Å². The lowest BCUT2D eigenvalue weighted by molar-refractivity contribution is -0.120. The van der Waals surface area contributed by atoms with Crippen molar-refractivity contribution in [1.29, 1.82) is 0 Å². The predicted octanol–water partition coefficient (Wildman–Crippen LogP) is 9.86. The molecule has 8 heteroatoms. The van der Waals surface area contributed by atoms with Crippen LogP contribution in [0.15, 0.2) is 24.8 Å². The third kappa shape index (κ3) is 7.14. The summed E-state index contributed by atoms with van der Waals surface area (Å²) in [6, 6.07) is 6.52. The van der Waals surface area contributed by atoms with Crippen LogP contribution in [0.3, 0.4) is 0 Å². The van der Waals surface area contributed by atoms with Crippen LogP contribution < -0.4 is 5.32 Å². The number of aryl methyl sites for hydroxylation is 3. The number of hydrogen-bond donors (Lipinski definition) is 3. The molecule has 3 aromatic rings. The molecule has 0 radical (unpaired) electrons. The molecule has 0 aliphatic carbocycles. The van der Waals surface area contributed by atoms with Crippen LogP contribution in [0.2, 0.25) is 0 Å². The van der Waals surface area contributed by atoms with E-state index in [-0.39, 0.29) is 5.91 Å². The molecule has 2 unspecified atom stereocenters. The van der Waals surface area contributed by atoms with Gasteiger partial charge in [-0.1, -0.05) is 32.4 Å². The van der Waals surface area contributed by atoms with Crippen molar-refractivity contribution in [1.82, 2.24) is 25.3 Å². The molecule has 0 fully saturated rings. The lowest BCUT2D eigenvalue weighted by atomic mass is 9.98. The highest BCUT2D eigenvalue weighted by Gasteiger charge is 2.22. The predicted molar refractivity (Wildman–Crippen MR) is 204 cm³/mol. The van der Waals surface area contributed by atoms with Gasteiger partial charge in [-0.2, -0.15) is 0 Å². The molecule has 0 spiro atoms. The summed E-state index contributed by atoms with van der Waals surface area (Å²) >= 11 is 0. The zero-order valence-electron chi connectivity index (χ0n) is 28.3. The number of allylic oxidation sites excluding steroid dienone is 3. The van der Waals surface area contributed by atoms with Gasteiger partial charge < -0.3 is 15.3 Å². The number of fused-ring (bicyclic) bond motifs is 8. The molecule has 5 rings (SSSR count). The number of rotatable bonds is 12. The smallest absolute Gasteiger partial charge is 0.220 e. The monoisotopic (exact) mass is 653 g/mol. The largest absolute Gasteiger partial charge is 0.356 e. The molecule has 46 heavy (non-hydrogen) atoms. The van der Waals surface area contributed by atoms with Crippen molar-refractivity contribution in [2.75, 3.05) is 12.7 Å². The van der Waals surface area contributed by atoms with Crippen LogP contribution in [0.5, 0.6) is 0 Å². The number of nitrogens with zero attached hydrogens (tertiary/aromatic N) is 2. The summed E-state index contributed by atoms with van der Waals surface area (Å²) < 4.78 is 0. The fourth-order valence-corrected chi connectivity index (χ4v) is 7.67. The van der Waals surface area contributed by atoms with E-state index in [0.717, 1.165) is 106 Å². The maximum Gasteiger partial charge on any atom is 0.220 e. The topological polar surface area (TPSA) is 86.5 Å². The lowest BCUT2D eigenvalue weighted by Gasteiger charge is -2.08. The van der Waals surface area contributed by atoms with Gasteiger partial charge in [-0.15, -0.1) is 17.2 Å². The van der Waals surface area contributed by atoms with Gasteiger partial charge in [0.15, 0.2) is 0 Å². The first-order valence-electron chi connectivity index (χ1n) is 16.6. The van der Waals surface area contributed by atoms with E-state index in [1.54, 1.807) is 0 Å². The van der Waals surface area contributed by atoms with Gasteiger partial charge in [-0.05, 0) is 124 Å². The Morgan fingerprint density at radius 2 is 1.63 bits per heavy atom.